The number of methoxy groups -OCH3 is 1. The fourth-order valence-electron chi connectivity index (χ4n) is 2.02. The van der Waals surface area contributed by atoms with Crippen molar-refractivity contribution in [3.8, 4) is 11.5 Å². The largest absolute Gasteiger partial charge is 0.496 e. The molecule has 0 amide bonds. The SMILES string of the molecule is COc1ccc(Br)cc1COc1ccc(F)cc1[C@@H](C)N. The first-order chi connectivity index (χ1) is 10.0. The summed E-state index contributed by atoms with van der Waals surface area (Å²) in [6, 6.07) is 9.73. The normalized spacial score (nSPS) is 12.0. The first-order valence-corrected chi connectivity index (χ1v) is 7.31. The zero-order chi connectivity index (χ0) is 15.4. The molecule has 2 aromatic carbocycles. The van der Waals surface area contributed by atoms with E-state index in [0.29, 0.717) is 17.9 Å². The zero-order valence-electron chi connectivity index (χ0n) is 11.9. The van der Waals surface area contributed by atoms with E-state index in [1.165, 1.54) is 12.1 Å². The number of hydrogen-bond acceptors (Lipinski definition) is 3. The molecule has 0 saturated heterocycles. The summed E-state index contributed by atoms with van der Waals surface area (Å²) < 4.78 is 25.3. The summed E-state index contributed by atoms with van der Waals surface area (Å²) in [5.74, 6) is 0.991. The highest BCUT2D eigenvalue weighted by Gasteiger charge is 2.11. The van der Waals surface area contributed by atoms with Crippen molar-refractivity contribution < 1.29 is 13.9 Å². The Morgan fingerprint density at radius 2 is 1.90 bits per heavy atom. The molecule has 3 nitrogen and oxygen atoms in total. The van der Waals surface area contributed by atoms with Crippen LogP contribution in [0.2, 0.25) is 0 Å². The number of halogens is 2. The fraction of sp³-hybridized carbons (Fsp3) is 0.250. The van der Waals surface area contributed by atoms with Gasteiger partial charge in [-0.3, -0.25) is 0 Å². The summed E-state index contributed by atoms with van der Waals surface area (Å²) in [5, 5.41) is 0. The van der Waals surface area contributed by atoms with Gasteiger partial charge in [-0.1, -0.05) is 15.9 Å². The van der Waals surface area contributed by atoms with E-state index in [2.05, 4.69) is 15.9 Å². The van der Waals surface area contributed by atoms with E-state index in [4.69, 9.17) is 15.2 Å². The van der Waals surface area contributed by atoms with E-state index in [1.54, 1.807) is 20.1 Å². The van der Waals surface area contributed by atoms with Gasteiger partial charge in [-0.15, -0.1) is 0 Å². The van der Waals surface area contributed by atoms with Crippen LogP contribution >= 0.6 is 15.9 Å². The third-order valence-corrected chi connectivity index (χ3v) is 3.58. The summed E-state index contributed by atoms with van der Waals surface area (Å²) in [5.41, 5.74) is 7.39. The van der Waals surface area contributed by atoms with Crippen molar-refractivity contribution in [3.05, 3.63) is 57.8 Å². The average Bonchev–Trinajstić information content (AvgIpc) is 2.46. The van der Waals surface area contributed by atoms with Crippen LogP contribution in [-0.4, -0.2) is 7.11 Å². The van der Waals surface area contributed by atoms with Gasteiger partial charge in [0.1, 0.15) is 23.9 Å². The molecule has 0 radical (unpaired) electrons. The lowest BCUT2D eigenvalue weighted by Crippen LogP contribution is -2.09. The van der Waals surface area contributed by atoms with Gasteiger partial charge in [-0.25, -0.2) is 4.39 Å². The van der Waals surface area contributed by atoms with Crippen molar-refractivity contribution in [1.29, 1.82) is 0 Å². The van der Waals surface area contributed by atoms with E-state index >= 15 is 0 Å². The molecule has 21 heavy (non-hydrogen) atoms. The molecular formula is C16H17BrFNO2. The minimum Gasteiger partial charge on any atom is -0.496 e. The van der Waals surface area contributed by atoms with Crippen molar-refractivity contribution in [1.82, 2.24) is 0 Å². The molecular weight excluding hydrogens is 337 g/mol. The van der Waals surface area contributed by atoms with E-state index in [1.807, 2.05) is 18.2 Å². The van der Waals surface area contributed by atoms with Gasteiger partial charge in [0, 0.05) is 21.6 Å². The van der Waals surface area contributed by atoms with Gasteiger partial charge in [0.2, 0.25) is 0 Å². The highest BCUT2D eigenvalue weighted by molar-refractivity contribution is 9.10. The molecule has 0 aliphatic carbocycles. The third kappa shape index (κ3) is 3.95. The second kappa shape index (κ2) is 6.91. The summed E-state index contributed by atoms with van der Waals surface area (Å²) in [6.07, 6.45) is 0. The van der Waals surface area contributed by atoms with Gasteiger partial charge in [-0.2, -0.15) is 0 Å². The Balaban J connectivity index is 2.22. The van der Waals surface area contributed by atoms with E-state index in [0.717, 1.165) is 15.8 Å². The van der Waals surface area contributed by atoms with Crippen molar-refractivity contribution in [3.63, 3.8) is 0 Å². The standard InChI is InChI=1S/C16H17BrFNO2/c1-10(19)14-8-13(18)4-6-16(14)21-9-11-7-12(17)3-5-15(11)20-2/h3-8,10H,9,19H2,1-2H3/t10-/m1/s1. The molecule has 112 valence electrons. The Morgan fingerprint density at radius 1 is 1.19 bits per heavy atom. The molecule has 2 aromatic rings. The van der Waals surface area contributed by atoms with Crippen LogP contribution in [0.25, 0.3) is 0 Å². The lowest BCUT2D eigenvalue weighted by atomic mass is 10.1. The zero-order valence-corrected chi connectivity index (χ0v) is 13.5. The minimum absolute atomic E-state index is 0.305. The first-order valence-electron chi connectivity index (χ1n) is 6.51. The molecule has 0 aromatic heterocycles. The lowest BCUT2D eigenvalue weighted by Gasteiger charge is -2.15. The van der Waals surface area contributed by atoms with Crippen LogP contribution in [0.3, 0.4) is 0 Å². The molecule has 5 heteroatoms. The molecule has 0 heterocycles. The molecule has 2 N–H and O–H groups in total. The minimum atomic E-state index is -0.324. The van der Waals surface area contributed by atoms with Crippen LogP contribution in [0.4, 0.5) is 4.39 Å². The maximum Gasteiger partial charge on any atom is 0.125 e. The van der Waals surface area contributed by atoms with Gasteiger partial charge >= 0.3 is 0 Å². The summed E-state index contributed by atoms with van der Waals surface area (Å²) in [4.78, 5) is 0. The van der Waals surface area contributed by atoms with Crippen LogP contribution in [0, 0.1) is 5.82 Å². The fourth-order valence-corrected chi connectivity index (χ4v) is 2.43. The van der Waals surface area contributed by atoms with Crippen molar-refractivity contribution >= 4 is 15.9 Å². The van der Waals surface area contributed by atoms with Crippen LogP contribution in [-0.2, 0) is 6.61 Å². The maximum atomic E-state index is 13.3. The Kier molecular flexibility index (Phi) is 5.20. The van der Waals surface area contributed by atoms with Gasteiger partial charge in [0.15, 0.2) is 0 Å². The topological polar surface area (TPSA) is 44.5 Å². The Labute approximate surface area is 132 Å². The molecule has 2 rings (SSSR count). The maximum absolute atomic E-state index is 13.3. The Hall–Kier alpha value is -1.59. The van der Waals surface area contributed by atoms with Gasteiger partial charge in [-0.05, 0) is 43.3 Å². The van der Waals surface area contributed by atoms with E-state index < -0.39 is 0 Å². The Morgan fingerprint density at radius 3 is 2.57 bits per heavy atom. The van der Waals surface area contributed by atoms with Crippen molar-refractivity contribution in [2.24, 2.45) is 5.73 Å². The molecule has 0 spiro atoms. The average molecular weight is 354 g/mol. The van der Waals surface area contributed by atoms with Crippen LogP contribution in [0.1, 0.15) is 24.1 Å². The van der Waals surface area contributed by atoms with Crippen LogP contribution in [0.5, 0.6) is 11.5 Å². The van der Waals surface area contributed by atoms with Gasteiger partial charge < -0.3 is 15.2 Å². The number of hydrogen-bond donors (Lipinski definition) is 1. The molecule has 1 atom stereocenters. The lowest BCUT2D eigenvalue weighted by molar-refractivity contribution is 0.292. The molecule has 0 unspecified atom stereocenters. The van der Waals surface area contributed by atoms with Crippen molar-refractivity contribution in [2.75, 3.05) is 7.11 Å². The van der Waals surface area contributed by atoms with Crippen LogP contribution < -0.4 is 15.2 Å². The number of benzene rings is 2. The Bertz CT molecular complexity index is 632. The van der Waals surface area contributed by atoms with Crippen molar-refractivity contribution in [2.45, 2.75) is 19.6 Å². The second-order valence-corrected chi connectivity index (χ2v) is 5.63. The number of rotatable bonds is 5. The number of nitrogens with two attached hydrogens (primary N) is 1. The monoisotopic (exact) mass is 353 g/mol. The summed E-state index contributed by atoms with van der Waals surface area (Å²) in [6.45, 7) is 2.11. The smallest absolute Gasteiger partial charge is 0.125 e. The summed E-state index contributed by atoms with van der Waals surface area (Å²) in [7, 11) is 1.61. The molecule has 0 aliphatic rings. The molecule has 0 bridgehead atoms. The quantitative estimate of drug-likeness (QED) is 0.876. The predicted octanol–water partition coefficient (Wildman–Crippen LogP) is 4.20. The van der Waals surface area contributed by atoms with Gasteiger partial charge in [0.05, 0.1) is 7.11 Å². The third-order valence-electron chi connectivity index (χ3n) is 3.09. The van der Waals surface area contributed by atoms with E-state index in [-0.39, 0.29) is 11.9 Å². The highest BCUT2D eigenvalue weighted by Crippen LogP contribution is 2.28. The van der Waals surface area contributed by atoms with Gasteiger partial charge in [0.25, 0.3) is 0 Å². The molecule has 0 fully saturated rings. The van der Waals surface area contributed by atoms with E-state index in [9.17, 15) is 4.39 Å². The summed E-state index contributed by atoms with van der Waals surface area (Å²) >= 11 is 3.42. The predicted molar refractivity (Wildman–Crippen MR) is 84.0 cm³/mol. The first kappa shape index (κ1) is 15.8. The highest BCUT2D eigenvalue weighted by atomic mass is 79.9. The molecule has 0 aliphatic heterocycles. The number of ether oxygens (including phenoxy) is 2. The second-order valence-electron chi connectivity index (χ2n) is 4.72. The van der Waals surface area contributed by atoms with Crippen LogP contribution in [0.15, 0.2) is 40.9 Å². The molecule has 0 saturated carbocycles.